The summed E-state index contributed by atoms with van der Waals surface area (Å²) in [6, 6.07) is 4.85. The Morgan fingerprint density at radius 1 is 1.44 bits per heavy atom. The molecule has 0 saturated heterocycles. The van der Waals surface area contributed by atoms with Crippen molar-refractivity contribution in [2.75, 3.05) is 19.0 Å². The highest BCUT2D eigenvalue weighted by Gasteiger charge is 2.13. The number of nitrogens with one attached hydrogen (secondary N) is 2. The second-order valence-corrected chi connectivity index (χ2v) is 3.90. The van der Waals surface area contributed by atoms with Gasteiger partial charge in [-0.2, -0.15) is 5.10 Å². The standard InChI is InChI=1S/C13H16FN3O/c1-4-18-11-6-5-9(7-10(11)14)13-12(15-3)8(2)16-17-13/h5-7,15H,4H2,1-3H3,(H,16,17). The van der Waals surface area contributed by atoms with Crippen LogP contribution in [0.2, 0.25) is 0 Å². The van der Waals surface area contributed by atoms with Crippen molar-refractivity contribution < 1.29 is 9.13 Å². The summed E-state index contributed by atoms with van der Waals surface area (Å²) in [5.41, 5.74) is 3.21. The summed E-state index contributed by atoms with van der Waals surface area (Å²) in [5, 5.41) is 10.1. The third-order valence-electron chi connectivity index (χ3n) is 2.70. The Hall–Kier alpha value is -2.04. The Kier molecular flexibility index (Phi) is 3.50. The highest BCUT2D eigenvalue weighted by Crippen LogP contribution is 2.30. The van der Waals surface area contributed by atoms with Crippen LogP contribution in [0.5, 0.6) is 5.75 Å². The third kappa shape index (κ3) is 2.16. The van der Waals surface area contributed by atoms with E-state index in [1.54, 1.807) is 12.1 Å². The largest absolute Gasteiger partial charge is 0.491 e. The van der Waals surface area contributed by atoms with Gasteiger partial charge in [0, 0.05) is 12.6 Å². The van der Waals surface area contributed by atoms with Gasteiger partial charge in [-0.3, -0.25) is 5.10 Å². The lowest BCUT2D eigenvalue weighted by Gasteiger charge is -2.07. The second kappa shape index (κ2) is 5.08. The molecule has 1 heterocycles. The van der Waals surface area contributed by atoms with E-state index in [2.05, 4.69) is 15.5 Å². The summed E-state index contributed by atoms with van der Waals surface area (Å²) in [7, 11) is 1.81. The lowest BCUT2D eigenvalue weighted by Crippen LogP contribution is -1.95. The molecule has 1 aromatic carbocycles. The quantitative estimate of drug-likeness (QED) is 0.875. The topological polar surface area (TPSA) is 49.9 Å². The zero-order valence-corrected chi connectivity index (χ0v) is 10.7. The molecule has 1 aromatic heterocycles. The van der Waals surface area contributed by atoms with Crippen molar-refractivity contribution in [3.63, 3.8) is 0 Å². The number of aromatic nitrogens is 2. The van der Waals surface area contributed by atoms with Gasteiger partial charge in [-0.15, -0.1) is 0 Å². The minimum absolute atomic E-state index is 0.263. The lowest BCUT2D eigenvalue weighted by atomic mass is 10.1. The van der Waals surface area contributed by atoms with Crippen LogP contribution in [-0.4, -0.2) is 23.9 Å². The number of aromatic amines is 1. The highest BCUT2D eigenvalue weighted by molar-refractivity contribution is 5.76. The number of benzene rings is 1. The molecule has 0 saturated carbocycles. The zero-order valence-electron chi connectivity index (χ0n) is 10.7. The normalized spacial score (nSPS) is 10.4. The Labute approximate surface area is 105 Å². The molecule has 0 fully saturated rings. The molecule has 0 bridgehead atoms. The number of anilines is 1. The molecule has 96 valence electrons. The Morgan fingerprint density at radius 2 is 2.22 bits per heavy atom. The lowest BCUT2D eigenvalue weighted by molar-refractivity contribution is 0.321. The number of hydrogen-bond donors (Lipinski definition) is 2. The van der Waals surface area contributed by atoms with Crippen molar-refractivity contribution >= 4 is 5.69 Å². The minimum atomic E-state index is -0.378. The van der Waals surface area contributed by atoms with Crippen molar-refractivity contribution in [3.05, 3.63) is 29.7 Å². The van der Waals surface area contributed by atoms with Crippen LogP contribution in [0.15, 0.2) is 18.2 Å². The van der Waals surface area contributed by atoms with Gasteiger partial charge in [-0.05, 0) is 32.0 Å². The monoisotopic (exact) mass is 249 g/mol. The predicted octanol–water partition coefficient (Wildman–Crippen LogP) is 2.96. The third-order valence-corrected chi connectivity index (χ3v) is 2.70. The zero-order chi connectivity index (χ0) is 13.1. The van der Waals surface area contributed by atoms with E-state index in [0.717, 1.165) is 11.4 Å². The molecule has 0 amide bonds. The van der Waals surface area contributed by atoms with Crippen LogP contribution < -0.4 is 10.1 Å². The van der Waals surface area contributed by atoms with Crippen LogP contribution in [-0.2, 0) is 0 Å². The number of rotatable bonds is 4. The molecule has 0 unspecified atom stereocenters. The molecular formula is C13H16FN3O. The molecule has 18 heavy (non-hydrogen) atoms. The molecule has 5 heteroatoms. The summed E-state index contributed by atoms with van der Waals surface area (Å²) in [6.07, 6.45) is 0. The summed E-state index contributed by atoms with van der Waals surface area (Å²) in [6.45, 7) is 4.18. The van der Waals surface area contributed by atoms with Gasteiger partial charge in [0.25, 0.3) is 0 Å². The van der Waals surface area contributed by atoms with Gasteiger partial charge < -0.3 is 10.1 Å². The van der Waals surface area contributed by atoms with Gasteiger partial charge in [0.05, 0.1) is 18.0 Å². The molecule has 4 nitrogen and oxygen atoms in total. The molecule has 0 radical (unpaired) electrons. The minimum Gasteiger partial charge on any atom is -0.491 e. The van der Waals surface area contributed by atoms with Crippen LogP contribution in [0, 0.1) is 12.7 Å². The molecular weight excluding hydrogens is 233 g/mol. The van der Waals surface area contributed by atoms with Gasteiger partial charge in [-0.1, -0.05) is 0 Å². The molecule has 0 spiro atoms. The van der Waals surface area contributed by atoms with E-state index < -0.39 is 0 Å². The molecule has 2 rings (SSSR count). The first kappa shape index (κ1) is 12.4. The maximum Gasteiger partial charge on any atom is 0.165 e. The molecule has 0 atom stereocenters. The molecule has 0 aliphatic rings. The summed E-state index contributed by atoms with van der Waals surface area (Å²) in [5.74, 6) is -0.114. The van der Waals surface area contributed by atoms with Crippen molar-refractivity contribution in [2.24, 2.45) is 0 Å². The number of ether oxygens (including phenoxy) is 1. The number of aryl methyl sites for hydroxylation is 1. The predicted molar refractivity (Wildman–Crippen MR) is 69.4 cm³/mol. The summed E-state index contributed by atoms with van der Waals surface area (Å²) >= 11 is 0. The smallest absolute Gasteiger partial charge is 0.165 e. The SMILES string of the molecule is CCOc1ccc(-c2n[nH]c(C)c2NC)cc1F. The Balaban J connectivity index is 2.42. The van der Waals surface area contributed by atoms with Crippen molar-refractivity contribution in [1.82, 2.24) is 10.2 Å². The molecule has 2 N–H and O–H groups in total. The maximum atomic E-state index is 13.8. The fraction of sp³-hybridized carbons (Fsp3) is 0.308. The fourth-order valence-corrected chi connectivity index (χ4v) is 1.86. The van der Waals surface area contributed by atoms with Gasteiger partial charge in [0.2, 0.25) is 0 Å². The van der Waals surface area contributed by atoms with Gasteiger partial charge >= 0.3 is 0 Å². The molecule has 2 aromatic rings. The Bertz CT molecular complexity index is 551. The van der Waals surface area contributed by atoms with Gasteiger partial charge in [0.1, 0.15) is 5.69 Å². The number of nitrogens with zero attached hydrogens (tertiary/aromatic N) is 1. The van der Waals surface area contributed by atoms with E-state index in [0.29, 0.717) is 17.9 Å². The number of H-pyrrole nitrogens is 1. The fourth-order valence-electron chi connectivity index (χ4n) is 1.86. The van der Waals surface area contributed by atoms with E-state index in [-0.39, 0.29) is 11.6 Å². The van der Waals surface area contributed by atoms with Gasteiger partial charge in [-0.25, -0.2) is 4.39 Å². The Morgan fingerprint density at radius 3 is 2.83 bits per heavy atom. The first-order chi connectivity index (χ1) is 8.67. The van der Waals surface area contributed by atoms with Crippen molar-refractivity contribution in [3.8, 4) is 17.0 Å². The van der Waals surface area contributed by atoms with E-state index in [1.807, 2.05) is 20.9 Å². The maximum absolute atomic E-state index is 13.8. The van der Waals surface area contributed by atoms with E-state index >= 15 is 0 Å². The van der Waals surface area contributed by atoms with Crippen LogP contribution in [0.1, 0.15) is 12.6 Å². The van der Waals surface area contributed by atoms with Crippen LogP contribution in [0.25, 0.3) is 11.3 Å². The average molecular weight is 249 g/mol. The van der Waals surface area contributed by atoms with Gasteiger partial charge in [0.15, 0.2) is 11.6 Å². The first-order valence-corrected chi connectivity index (χ1v) is 5.82. The van der Waals surface area contributed by atoms with Crippen LogP contribution in [0.3, 0.4) is 0 Å². The number of halogens is 1. The van der Waals surface area contributed by atoms with Crippen molar-refractivity contribution in [1.29, 1.82) is 0 Å². The molecule has 0 aliphatic heterocycles. The van der Waals surface area contributed by atoms with E-state index in [9.17, 15) is 4.39 Å². The van der Waals surface area contributed by atoms with Crippen LogP contribution in [0.4, 0.5) is 10.1 Å². The summed E-state index contributed by atoms with van der Waals surface area (Å²) < 4.78 is 19.0. The van der Waals surface area contributed by atoms with Crippen molar-refractivity contribution in [2.45, 2.75) is 13.8 Å². The summed E-state index contributed by atoms with van der Waals surface area (Å²) in [4.78, 5) is 0. The highest BCUT2D eigenvalue weighted by atomic mass is 19.1. The number of hydrogen-bond acceptors (Lipinski definition) is 3. The van der Waals surface area contributed by atoms with E-state index in [4.69, 9.17) is 4.74 Å². The second-order valence-electron chi connectivity index (χ2n) is 3.90. The average Bonchev–Trinajstić information content (AvgIpc) is 2.73. The van der Waals surface area contributed by atoms with E-state index in [1.165, 1.54) is 6.07 Å². The van der Waals surface area contributed by atoms with Crippen LogP contribution >= 0.6 is 0 Å². The molecule has 0 aliphatic carbocycles. The first-order valence-electron chi connectivity index (χ1n) is 5.82.